The van der Waals surface area contributed by atoms with Crippen molar-refractivity contribution in [1.82, 2.24) is 14.3 Å². The molecule has 0 bridgehead atoms. The number of benzene rings is 2. The number of para-hydroxylation sites is 1. The molecule has 2 heterocycles. The van der Waals surface area contributed by atoms with Crippen molar-refractivity contribution in [2.24, 2.45) is 0 Å². The number of rotatable bonds is 4. The van der Waals surface area contributed by atoms with Crippen molar-refractivity contribution < 1.29 is 4.79 Å². The summed E-state index contributed by atoms with van der Waals surface area (Å²) in [6.45, 7) is 2.56. The van der Waals surface area contributed by atoms with E-state index in [-0.39, 0.29) is 11.5 Å². The molecule has 0 saturated carbocycles. The summed E-state index contributed by atoms with van der Waals surface area (Å²) in [5, 5.41) is 7.79. The van der Waals surface area contributed by atoms with Crippen molar-refractivity contribution >= 4 is 23.2 Å². The maximum atomic E-state index is 12.9. The second kappa shape index (κ2) is 7.32. The Morgan fingerprint density at radius 3 is 2.61 bits per heavy atom. The first-order valence-electron chi connectivity index (χ1n) is 8.82. The zero-order chi connectivity index (χ0) is 19.7. The predicted octanol–water partition coefficient (Wildman–Crippen LogP) is 4.06. The van der Waals surface area contributed by atoms with E-state index in [2.05, 4.69) is 10.4 Å². The number of amides is 1. The zero-order valence-corrected chi connectivity index (χ0v) is 15.8. The van der Waals surface area contributed by atoms with Crippen molar-refractivity contribution in [3.63, 3.8) is 0 Å². The summed E-state index contributed by atoms with van der Waals surface area (Å²) in [6.07, 6.45) is 3.42. The number of aromatic nitrogens is 3. The third kappa shape index (κ3) is 3.30. The van der Waals surface area contributed by atoms with Gasteiger partial charge in [-0.3, -0.25) is 9.59 Å². The number of hydrogen-bond acceptors (Lipinski definition) is 3. The van der Waals surface area contributed by atoms with Gasteiger partial charge in [-0.2, -0.15) is 9.78 Å². The smallest absolute Gasteiger partial charge is 0.282 e. The number of nitrogens with zero attached hydrogens (tertiary/aromatic N) is 3. The van der Waals surface area contributed by atoms with Crippen molar-refractivity contribution in [3.05, 3.63) is 87.9 Å². The van der Waals surface area contributed by atoms with Crippen molar-refractivity contribution in [1.29, 1.82) is 0 Å². The van der Waals surface area contributed by atoms with Crippen LogP contribution in [-0.2, 0) is 6.54 Å². The average molecular weight is 393 g/mol. The Bertz CT molecular complexity index is 1180. The van der Waals surface area contributed by atoms with Gasteiger partial charge in [-0.15, -0.1) is 0 Å². The first-order chi connectivity index (χ1) is 13.6. The Hall–Kier alpha value is -3.38. The normalized spacial score (nSPS) is 10.9. The molecule has 7 heteroatoms. The highest BCUT2D eigenvalue weighted by atomic mass is 35.5. The summed E-state index contributed by atoms with van der Waals surface area (Å²) in [4.78, 5) is 25.9. The van der Waals surface area contributed by atoms with Gasteiger partial charge in [-0.05, 0) is 37.3 Å². The van der Waals surface area contributed by atoms with E-state index in [1.54, 1.807) is 53.4 Å². The molecule has 6 nitrogen and oxygen atoms in total. The van der Waals surface area contributed by atoms with Crippen LogP contribution >= 0.6 is 11.6 Å². The largest absolute Gasteiger partial charge is 0.353 e. The SMILES string of the molecule is CCn1cc(C(=O)Nc2cccc(Cl)c2)c2nn(-c3ccccc3)c(=O)c-2c1. The fourth-order valence-electron chi connectivity index (χ4n) is 3.02. The van der Waals surface area contributed by atoms with Crippen molar-refractivity contribution in [2.75, 3.05) is 5.32 Å². The fourth-order valence-corrected chi connectivity index (χ4v) is 3.21. The van der Waals surface area contributed by atoms with Crippen molar-refractivity contribution in [3.8, 4) is 16.9 Å². The molecule has 0 aliphatic carbocycles. The minimum absolute atomic E-state index is 0.263. The Balaban J connectivity index is 1.83. The van der Waals surface area contributed by atoms with Gasteiger partial charge in [-0.1, -0.05) is 35.9 Å². The van der Waals surface area contributed by atoms with E-state index in [1.165, 1.54) is 4.68 Å². The molecule has 1 N–H and O–H groups in total. The Morgan fingerprint density at radius 2 is 1.89 bits per heavy atom. The molecule has 0 unspecified atom stereocenters. The first kappa shape index (κ1) is 18.0. The summed E-state index contributed by atoms with van der Waals surface area (Å²) >= 11 is 6.00. The van der Waals surface area contributed by atoms with Crippen LogP contribution in [-0.4, -0.2) is 20.3 Å². The molecule has 2 aromatic rings. The number of pyridine rings is 1. The number of anilines is 1. The van der Waals surface area contributed by atoms with Crippen LogP contribution in [0.3, 0.4) is 0 Å². The van der Waals surface area contributed by atoms with Crippen LogP contribution in [0.4, 0.5) is 5.69 Å². The maximum Gasteiger partial charge on any atom is 0.282 e. The molecule has 140 valence electrons. The van der Waals surface area contributed by atoms with Crippen LogP contribution < -0.4 is 10.9 Å². The Morgan fingerprint density at radius 1 is 1.11 bits per heavy atom. The van der Waals surface area contributed by atoms with Gasteiger partial charge >= 0.3 is 0 Å². The van der Waals surface area contributed by atoms with Crippen LogP contribution in [0.25, 0.3) is 16.9 Å². The van der Waals surface area contributed by atoms with E-state index in [4.69, 9.17) is 11.6 Å². The van der Waals surface area contributed by atoms with E-state index < -0.39 is 0 Å². The first-order valence-corrected chi connectivity index (χ1v) is 9.20. The van der Waals surface area contributed by atoms with E-state index in [9.17, 15) is 9.59 Å². The fraction of sp³-hybridized carbons (Fsp3) is 0.0952. The molecule has 0 atom stereocenters. The topological polar surface area (TPSA) is 68.9 Å². The van der Waals surface area contributed by atoms with Gasteiger partial charge in [0.1, 0.15) is 5.69 Å². The molecule has 0 radical (unpaired) electrons. The predicted molar refractivity (Wildman–Crippen MR) is 110 cm³/mol. The second-order valence-corrected chi connectivity index (χ2v) is 6.72. The lowest BCUT2D eigenvalue weighted by atomic mass is 10.1. The number of hydrogen-bond donors (Lipinski definition) is 1. The van der Waals surface area contributed by atoms with Crippen LogP contribution in [0, 0.1) is 0 Å². The third-order valence-corrected chi connectivity index (χ3v) is 4.65. The number of carbonyl (C=O) groups excluding carboxylic acids is 1. The second-order valence-electron chi connectivity index (χ2n) is 6.28. The highest BCUT2D eigenvalue weighted by Gasteiger charge is 2.24. The molecule has 1 amide bonds. The monoisotopic (exact) mass is 392 g/mol. The zero-order valence-electron chi connectivity index (χ0n) is 15.1. The number of fused-ring (bicyclic) bond motifs is 1. The molecule has 2 aromatic carbocycles. The maximum absolute atomic E-state index is 12.9. The Kier molecular flexibility index (Phi) is 4.71. The van der Waals surface area contributed by atoms with E-state index in [1.807, 2.05) is 25.1 Å². The highest BCUT2D eigenvalue weighted by Crippen LogP contribution is 2.24. The molecule has 2 aliphatic rings. The standard InChI is InChI=1S/C21H17ClN4O2/c1-2-25-12-17(20(27)23-15-8-6-7-14(22)11-15)19-18(13-25)21(28)26(24-19)16-9-4-3-5-10-16/h3-13H,2H2,1H3,(H,23,27). The van der Waals surface area contributed by atoms with Crippen LogP contribution in [0.1, 0.15) is 17.3 Å². The lowest BCUT2D eigenvalue weighted by molar-refractivity contribution is 0.102. The van der Waals surface area contributed by atoms with Crippen LogP contribution in [0.15, 0.2) is 71.8 Å². The minimum Gasteiger partial charge on any atom is -0.353 e. The molecule has 4 rings (SSSR count). The molecule has 0 aromatic heterocycles. The van der Waals surface area contributed by atoms with Gasteiger partial charge < -0.3 is 9.88 Å². The molecule has 0 fully saturated rings. The van der Waals surface area contributed by atoms with Crippen LogP contribution in [0.2, 0.25) is 5.02 Å². The summed E-state index contributed by atoms with van der Waals surface area (Å²) < 4.78 is 3.12. The quantitative estimate of drug-likeness (QED) is 0.569. The van der Waals surface area contributed by atoms with Gasteiger partial charge in [0.25, 0.3) is 11.5 Å². The molecule has 28 heavy (non-hydrogen) atoms. The summed E-state index contributed by atoms with van der Waals surface area (Å²) in [6, 6.07) is 16.0. The van der Waals surface area contributed by atoms with Crippen molar-refractivity contribution in [2.45, 2.75) is 13.5 Å². The average Bonchev–Trinajstić information content (AvgIpc) is 3.04. The van der Waals surface area contributed by atoms with E-state index in [0.29, 0.717) is 39.8 Å². The van der Waals surface area contributed by atoms with E-state index >= 15 is 0 Å². The number of halogens is 1. The lowest BCUT2D eigenvalue weighted by Gasteiger charge is -2.11. The lowest BCUT2D eigenvalue weighted by Crippen LogP contribution is -2.17. The van der Waals surface area contributed by atoms with E-state index in [0.717, 1.165) is 0 Å². The summed E-state index contributed by atoms with van der Waals surface area (Å²) in [5.41, 5.74) is 2.03. The number of carbonyl (C=O) groups is 1. The Labute approximate surface area is 166 Å². The van der Waals surface area contributed by atoms with Gasteiger partial charge in [0.2, 0.25) is 0 Å². The minimum atomic E-state index is -0.354. The van der Waals surface area contributed by atoms with Gasteiger partial charge in [0.05, 0.1) is 16.8 Å². The summed E-state index contributed by atoms with van der Waals surface area (Å²) in [7, 11) is 0. The molecule has 2 aliphatic heterocycles. The molecule has 0 spiro atoms. The molecule has 0 saturated heterocycles. The highest BCUT2D eigenvalue weighted by molar-refractivity contribution is 6.31. The van der Waals surface area contributed by atoms with Gasteiger partial charge in [-0.25, -0.2) is 0 Å². The van der Waals surface area contributed by atoms with Gasteiger partial charge in [0.15, 0.2) is 0 Å². The molecular formula is C21H17ClN4O2. The third-order valence-electron chi connectivity index (χ3n) is 4.42. The number of nitrogens with one attached hydrogen (secondary N) is 1. The van der Waals surface area contributed by atoms with Gasteiger partial charge in [0, 0.05) is 29.6 Å². The summed E-state index contributed by atoms with van der Waals surface area (Å²) in [5.74, 6) is -0.354. The number of aryl methyl sites for hydroxylation is 1. The van der Waals surface area contributed by atoms with Crippen LogP contribution in [0.5, 0.6) is 0 Å². The molecular weight excluding hydrogens is 376 g/mol.